The fourth-order valence-corrected chi connectivity index (χ4v) is 1.49. The van der Waals surface area contributed by atoms with Crippen molar-refractivity contribution >= 4 is 5.97 Å². The summed E-state index contributed by atoms with van der Waals surface area (Å²) in [6.45, 7) is -2.17. The summed E-state index contributed by atoms with van der Waals surface area (Å²) in [5.41, 5.74) is 0.449. The van der Waals surface area contributed by atoms with Crippen LogP contribution in [0.3, 0.4) is 0 Å². The Morgan fingerprint density at radius 3 is 2.47 bits per heavy atom. The molecule has 0 heterocycles. The average molecular weight is 275 g/mol. The maximum Gasteiger partial charge on any atom is 0.387 e. The van der Waals surface area contributed by atoms with Gasteiger partial charge in [0.2, 0.25) is 0 Å². The van der Waals surface area contributed by atoms with Crippen LogP contribution in [0, 0.1) is 0 Å². The predicted octanol–water partition coefficient (Wildman–Crippen LogP) is 1.65. The van der Waals surface area contributed by atoms with Gasteiger partial charge < -0.3 is 14.6 Å². The molecule has 0 saturated heterocycles. The molecule has 0 spiro atoms. The number of aliphatic carboxylic acids is 1. The molecule has 0 aliphatic heterocycles. The molecule has 1 unspecified atom stereocenters. The van der Waals surface area contributed by atoms with Crippen molar-refractivity contribution in [3.05, 3.63) is 29.8 Å². The second-order valence-electron chi connectivity index (χ2n) is 3.67. The van der Waals surface area contributed by atoms with Gasteiger partial charge >= 0.3 is 12.6 Å². The maximum absolute atomic E-state index is 12.0. The van der Waals surface area contributed by atoms with Gasteiger partial charge in [-0.15, -0.1) is 0 Å². The van der Waals surface area contributed by atoms with Gasteiger partial charge in [-0.1, -0.05) is 12.1 Å². The van der Waals surface area contributed by atoms with Crippen LogP contribution in [0.5, 0.6) is 5.75 Å². The van der Waals surface area contributed by atoms with Gasteiger partial charge in [-0.25, -0.2) is 0 Å². The second kappa shape index (κ2) is 7.65. The molecule has 1 atom stereocenters. The fraction of sp³-hybridized carbons (Fsp3) is 0.417. The van der Waals surface area contributed by atoms with Gasteiger partial charge in [0.1, 0.15) is 11.8 Å². The third-order valence-corrected chi connectivity index (χ3v) is 2.34. The number of halogens is 2. The van der Waals surface area contributed by atoms with Gasteiger partial charge in [0.05, 0.1) is 6.61 Å². The van der Waals surface area contributed by atoms with Crippen molar-refractivity contribution in [1.29, 1.82) is 0 Å². The third kappa shape index (κ3) is 5.19. The largest absolute Gasteiger partial charge is 0.480 e. The molecule has 1 aromatic carbocycles. The SMILES string of the molecule is COCCNC(C(=O)O)c1ccc(OC(F)F)cc1. The first kappa shape index (κ1) is 15.3. The summed E-state index contributed by atoms with van der Waals surface area (Å²) < 4.78 is 32.9. The first-order chi connectivity index (χ1) is 9.04. The summed E-state index contributed by atoms with van der Waals surface area (Å²) in [5.74, 6) is -1.07. The van der Waals surface area contributed by atoms with Crippen molar-refractivity contribution in [3.8, 4) is 5.75 Å². The summed E-state index contributed by atoms with van der Waals surface area (Å²) >= 11 is 0. The zero-order valence-corrected chi connectivity index (χ0v) is 10.3. The molecule has 19 heavy (non-hydrogen) atoms. The Bertz CT molecular complexity index is 397. The van der Waals surface area contributed by atoms with Crippen LogP contribution in [0.4, 0.5) is 8.78 Å². The number of methoxy groups -OCH3 is 1. The molecule has 1 aromatic rings. The Balaban J connectivity index is 2.71. The number of hydrogen-bond donors (Lipinski definition) is 2. The lowest BCUT2D eigenvalue weighted by molar-refractivity contribution is -0.139. The summed E-state index contributed by atoms with van der Waals surface area (Å²) in [4.78, 5) is 11.1. The van der Waals surface area contributed by atoms with Gasteiger partial charge in [0.25, 0.3) is 0 Å². The molecule has 106 valence electrons. The van der Waals surface area contributed by atoms with Crippen LogP contribution >= 0.6 is 0 Å². The highest BCUT2D eigenvalue weighted by Gasteiger charge is 2.19. The van der Waals surface area contributed by atoms with E-state index < -0.39 is 18.6 Å². The first-order valence-electron chi connectivity index (χ1n) is 5.54. The van der Waals surface area contributed by atoms with Gasteiger partial charge in [0.15, 0.2) is 0 Å². The number of ether oxygens (including phenoxy) is 2. The quantitative estimate of drug-likeness (QED) is 0.706. The minimum atomic E-state index is -2.90. The van der Waals surface area contributed by atoms with E-state index in [1.165, 1.54) is 31.4 Å². The van der Waals surface area contributed by atoms with Crippen LogP contribution in [0.25, 0.3) is 0 Å². The Morgan fingerprint density at radius 1 is 1.37 bits per heavy atom. The van der Waals surface area contributed by atoms with Crippen LogP contribution in [0.15, 0.2) is 24.3 Å². The molecule has 0 aliphatic carbocycles. The van der Waals surface area contributed by atoms with E-state index in [0.29, 0.717) is 18.7 Å². The lowest BCUT2D eigenvalue weighted by Crippen LogP contribution is -2.31. The van der Waals surface area contributed by atoms with Crippen LogP contribution in [-0.2, 0) is 9.53 Å². The molecule has 2 N–H and O–H groups in total. The topological polar surface area (TPSA) is 67.8 Å². The monoisotopic (exact) mass is 275 g/mol. The highest BCUT2D eigenvalue weighted by molar-refractivity contribution is 5.75. The van der Waals surface area contributed by atoms with E-state index in [1.54, 1.807) is 0 Å². The zero-order valence-electron chi connectivity index (χ0n) is 10.3. The van der Waals surface area contributed by atoms with Crippen molar-refractivity contribution in [1.82, 2.24) is 5.32 Å². The van der Waals surface area contributed by atoms with Crippen molar-refractivity contribution in [2.45, 2.75) is 12.7 Å². The minimum absolute atomic E-state index is 0.0141. The number of hydrogen-bond acceptors (Lipinski definition) is 4. The van der Waals surface area contributed by atoms with E-state index in [1.807, 2.05) is 0 Å². The van der Waals surface area contributed by atoms with Crippen LogP contribution in [-0.4, -0.2) is 37.9 Å². The van der Waals surface area contributed by atoms with Crippen LogP contribution in [0.1, 0.15) is 11.6 Å². The van der Waals surface area contributed by atoms with Crippen molar-refractivity contribution in [2.75, 3.05) is 20.3 Å². The Morgan fingerprint density at radius 2 is 2.00 bits per heavy atom. The normalized spacial score (nSPS) is 12.4. The average Bonchev–Trinajstić information content (AvgIpc) is 2.35. The molecule has 0 bridgehead atoms. The molecule has 5 nitrogen and oxygen atoms in total. The fourth-order valence-electron chi connectivity index (χ4n) is 1.49. The van der Waals surface area contributed by atoms with Gasteiger partial charge in [0, 0.05) is 13.7 Å². The summed E-state index contributed by atoms with van der Waals surface area (Å²) in [7, 11) is 1.51. The molecule has 0 fully saturated rings. The highest BCUT2D eigenvalue weighted by Crippen LogP contribution is 2.19. The van der Waals surface area contributed by atoms with Gasteiger partial charge in [-0.05, 0) is 17.7 Å². The standard InChI is InChI=1S/C12H15F2NO4/c1-18-7-6-15-10(11(16)17)8-2-4-9(5-3-8)19-12(13)14/h2-5,10,12,15H,6-7H2,1H3,(H,16,17). The van der Waals surface area contributed by atoms with Crippen LogP contribution in [0.2, 0.25) is 0 Å². The molecule has 0 aliphatic rings. The van der Waals surface area contributed by atoms with Crippen molar-refractivity contribution < 1.29 is 28.2 Å². The summed E-state index contributed by atoms with van der Waals surface area (Å²) in [5, 5.41) is 11.9. The number of carboxylic acids is 1. The number of rotatable bonds is 8. The minimum Gasteiger partial charge on any atom is -0.480 e. The molecular weight excluding hydrogens is 260 g/mol. The van der Waals surface area contributed by atoms with E-state index in [-0.39, 0.29) is 5.75 Å². The van der Waals surface area contributed by atoms with E-state index >= 15 is 0 Å². The zero-order chi connectivity index (χ0) is 14.3. The molecular formula is C12H15F2NO4. The molecule has 0 amide bonds. The van der Waals surface area contributed by atoms with E-state index in [9.17, 15) is 13.6 Å². The lowest BCUT2D eigenvalue weighted by atomic mass is 10.1. The molecule has 0 saturated carbocycles. The third-order valence-electron chi connectivity index (χ3n) is 2.34. The van der Waals surface area contributed by atoms with E-state index in [4.69, 9.17) is 9.84 Å². The lowest BCUT2D eigenvalue weighted by Gasteiger charge is -2.15. The van der Waals surface area contributed by atoms with Crippen LogP contribution < -0.4 is 10.1 Å². The van der Waals surface area contributed by atoms with Crippen molar-refractivity contribution in [2.24, 2.45) is 0 Å². The molecule has 0 radical (unpaired) electrons. The smallest absolute Gasteiger partial charge is 0.387 e. The van der Waals surface area contributed by atoms with Crippen molar-refractivity contribution in [3.63, 3.8) is 0 Å². The van der Waals surface area contributed by atoms with Gasteiger partial charge in [-0.2, -0.15) is 8.78 Å². The highest BCUT2D eigenvalue weighted by atomic mass is 19.3. The summed E-state index contributed by atoms with van der Waals surface area (Å²) in [6, 6.07) is 4.54. The molecule has 7 heteroatoms. The Hall–Kier alpha value is -1.73. The maximum atomic E-state index is 12.0. The molecule has 0 aromatic heterocycles. The Kier molecular flexibility index (Phi) is 6.17. The van der Waals surface area contributed by atoms with E-state index in [2.05, 4.69) is 10.1 Å². The first-order valence-corrected chi connectivity index (χ1v) is 5.54. The second-order valence-corrected chi connectivity index (χ2v) is 3.67. The van der Waals surface area contributed by atoms with Gasteiger partial charge in [-0.3, -0.25) is 10.1 Å². The summed E-state index contributed by atoms with van der Waals surface area (Å²) in [6.07, 6.45) is 0. The Labute approximate surface area is 109 Å². The number of carboxylic acid groups (broad SMARTS) is 1. The van der Waals surface area contributed by atoms with E-state index in [0.717, 1.165) is 0 Å². The number of nitrogens with one attached hydrogen (secondary N) is 1. The predicted molar refractivity (Wildman–Crippen MR) is 63.3 cm³/mol. The number of alkyl halides is 2. The molecule has 1 rings (SSSR count). The number of carbonyl (C=O) groups is 1. The number of benzene rings is 1.